The molecule has 2 amide bonds. The van der Waals surface area contributed by atoms with Gasteiger partial charge in [-0.3, -0.25) is 5.43 Å². The molecule has 1 saturated carbocycles. The van der Waals surface area contributed by atoms with Crippen molar-refractivity contribution in [2.24, 2.45) is 11.8 Å². The van der Waals surface area contributed by atoms with Crippen LogP contribution in [0.5, 0.6) is 0 Å². The smallest absolute Gasteiger partial charge is 0.270 e. The Balaban J connectivity index is 1.84. The van der Waals surface area contributed by atoms with Crippen LogP contribution in [0.3, 0.4) is 0 Å². The zero-order valence-corrected chi connectivity index (χ0v) is 12.1. The van der Waals surface area contributed by atoms with Crippen LogP contribution in [-0.4, -0.2) is 32.5 Å². The summed E-state index contributed by atoms with van der Waals surface area (Å²) in [4.78, 5) is 11.9. The number of benzene rings is 1. The SMILES string of the molecule is [2H]C([2H])([2H])c1ccc(S(=O)(=O)NC(=O)NN2C([2H])([2H])C3C(C([2H])([2H])CC3([2H])[2H])C2([2H])[2H])cc1. The fraction of sp³-hybridized carbons (Fsp3) is 0.533. The Bertz CT molecular complexity index is 1030. The third-order valence-corrected chi connectivity index (χ3v) is 4.47. The van der Waals surface area contributed by atoms with Gasteiger partial charge in [-0.1, -0.05) is 24.1 Å². The van der Waals surface area contributed by atoms with Gasteiger partial charge in [-0.2, -0.15) is 0 Å². The number of amides is 2. The summed E-state index contributed by atoms with van der Waals surface area (Å²) in [5, 5.41) is 0.104. The Morgan fingerprint density at radius 3 is 2.50 bits per heavy atom. The lowest BCUT2D eigenvalue weighted by Gasteiger charge is -2.18. The van der Waals surface area contributed by atoms with Crippen LogP contribution in [0.2, 0.25) is 0 Å². The first-order valence-corrected chi connectivity index (χ1v) is 7.87. The Morgan fingerprint density at radius 1 is 1.27 bits per heavy atom. The van der Waals surface area contributed by atoms with Gasteiger partial charge in [0.2, 0.25) is 0 Å². The molecule has 0 aromatic heterocycles. The van der Waals surface area contributed by atoms with Crippen molar-refractivity contribution >= 4 is 16.1 Å². The minimum atomic E-state index is -4.57. The molecule has 0 bridgehead atoms. The van der Waals surface area contributed by atoms with Crippen molar-refractivity contribution in [2.45, 2.75) is 30.9 Å². The van der Waals surface area contributed by atoms with Gasteiger partial charge in [-0.25, -0.2) is 22.9 Å². The summed E-state index contributed by atoms with van der Waals surface area (Å²) in [6.45, 7) is -8.28. The molecule has 1 aromatic rings. The van der Waals surface area contributed by atoms with Gasteiger partial charge in [-0.05, 0) is 43.6 Å². The maximum atomic E-state index is 12.5. The van der Waals surface area contributed by atoms with Gasteiger partial charge in [-0.15, -0.1) is 0 Å². The highest BCUT2D eigenvalue weighted by Crippen LogP contribution is 2.36. The van der Waals surface area contributed by atoms with Gasteiger partial charge >= 0.3 is 6.03 Å². The quantitative estimate of drug-likeness (QED) is 0.881. The molecule has 0 spiro atoms. The number of hydrazine groups is 1. The summed E-state index contributed by atoms with van der Waals surface area (Å²) in [6.07, 6.45) is -5.61. The topological polar surface area (TPSA) is 78.5 Å². The van der Waals surface area contributed by atoms with Gasteiger partial charge in [0.15, 0.2) is 0 Å². The molecule has 6 nitrogen and oxygen atoms in total. The standard InChI is InChI=1S/C15H21N3O3S/c1-11-5-7-14(8-6-11)22(20,21)17-15(19)16-18-9-12-3-2-4-13(12)10-18/h5-8,12-13H,2-4,9-10H2,1H3,(H2,16,17,19)/i1D3,3D2,4D2,9D2,10D2. The number of aryl methyl sites for hydroxylation is 1. The fourth-order valence-electron chi connectivity index (χ4n) is 2.07. The largest absolute Gasteiger partial charge is 0.343 e. The van der Waals surface area contributed by atoms with E-state index >= 15 is 0 Å². The highest BCUT2D eigenvalue weighted by Gasteiger charge is 2.36. The van der Waals surface area contributed by atoms with Crippen molar-refractivity contribution < 1.29 is 28.3 Å². The second-order valence-corrected chi connectivity index (χ2v) is 6.39. The van der Waals surface area contributed by atoms with Crippen molar-refractivity contribution in [3.8, 4) is 0 Å². The molecule has 7 heteroatoms. The second kappa shape index (κ2) is 5.89. The molecule has 120 valence electrons. The molecular formula is C15H21N3O3S. The summed E-state index contributed by atoms with van der Waals surface area (Å²) >= 11 is 0. The average molecular weight is 334 g/mol. The first-order chi connectivity index (χ1) is 14.6. The molecule has 22 heavy (non-hydrogen) atoms. The van der Waals surface area contributed by atoms with E-state index < -0.39 is 71.8 Å². The molecule has 1 aliphatic heterocycles. The van der Waals surface area contributed by atoms with Crippen LogP contribution in [0, 0.1) is 18.7 Å². The van der Waals surface area contributed by atoms with Crippen LogP contribution in [0.4, 0.5) is 4.79 Å². The van der Waals surface area contributed by atoms with E-state index in [-0.39, 0.29) is 10.6 Å². The first kappa shape index (κ1) is 6.88. The number of carbonyl (C=O) groups excluding carboxylic acids is 1. The van der Waals surface area contributed by atoms with Crippen LogP contribution in [0.15, 0.2) is 29.2 Å². The number of rotatable bonds is 3. The summed E-state index contributed by atoms with van der Waals surface area (Å²) < 4.78 is 113. The molecule has 1 aromatic carbocycles. The predicted molar refractivity (Wildman–Crippen MR) is 82.4 cm³/mol. The number of hydrogen-bond donors (Lipinski definition) is 2. The van der Waals surface area contributed by atoms with Crippen molar-refractivity contribution in [2.75, 3.05) is 13.0 Å². The summed E-state index contributed by atoms with van der Waals surface area (Å²) in [5.41, 5.74) is 1.62. The molecule has 3 rings (SSSR count). The van der Waals surface area contributed by atoms with Crippen LogP contribution >= 0.6 is 0 Å². The molecule has 2 atom stereocenters. The zero-order chi connectivity index (χ0) is 25.4. The van der Waals surface area contributed by atoms with E-state index in [0.717, 1.165) is 24.3 Å². The molecule has 2 aliphatic rings. The van der Waals surface area contributed by atoms with Gasteiger partial charge in [0.05, 0.1) is 4.90 Å². The Labute approximate surface area is 146 Å². The van der Waals surface area contributed by atoms with E-state index in [9.17, 15) is 13.2 Å². The minimum absolute atomic E-state index is 0.104. The zero-order valence-electron chi connectivity index (χ0n) is 22.3. The van der Waals surface area contributed by atoms with E-state index in [2.05, 4.69) is 0 Å². The van der Waals surface area contributed by atoms with Gasteiger partial charge in [0.1, 0.15) is 0 Å². The van der Waals surface area contributed by atoms with Crippen LogP contribution in [0.25, 0.3) is 0 Å². The van der Waals surface area contributed by atoms with Gasteiger partial charge in [0.25, 0.3) is 10.0 Å². The van der Waals surface area contributed by atoms with Crippen LogP contribution in [-0.2, 0) is 10.0 Å². The molecule has 1 aliphatic carbocycles. The maximum absolute atomic E-state index is 12.5. The Kier molecular flexibility index (Phi) is 1.84. The lowest BCUT2D eigenvalue weighted by Crippen LogP contribution is -2.48. The normalized spacial score (nSPS) is 42.1. The third kappa shape index (κ3) is 3.25. The number of carbonyl (C=O) groups is 1. The highest BCUT2D eigenvalue weighted by molar-refractivity contribution is 7.90. The van der Waals surface area contributed by atoms with Crippen LogP contribution in [0.1, 0.15) is 39.8 Å². The molecule has 2 unspecified atom stereocenters. The van der Waals surface area contributed by atoms with Gasteiger partial charge in [0, 0.05) is 28.1 Å². The molecule has 1 heterocycles. The molecule has 2 N–H and O–H groups in total. The summed E-state index contributed by atoms with van der Waals surface area (Å²) in [7, 11) is -4.57. The lowest BCUT2D eigenvalue weighted by molar-refractivity contribution is 0.195. The average Bonchev–Trinajstić information content (AvgIpc) is 2.92. The lowest BCUT2D eigenvalue weighted by atomic mass is 10.0. The number of sulfonamides is 1. The molecular weight excluding hydrogens is 302 g/mol. The fourth-order valence-corrected chi connectivity index (χ4v) is 2.98. The molecule has 1 saturated heterocycles. The number of nitrogens with zero attached hydrogens (tertiary/aromatic N) is 1. The van der Waals surface area contributed by atoms with Crippen molar-refractivity contribution in [1.82, 2.24) is 15.2 Å². The van der Waals surface area contributed by atoms with E-state index in [1.165, 1.54) is 0 Å². The maximum Gasteiger partial charge on any atom is 0.343 e. The van der Waals surface area contributed by atoms with E-state index in [1.807, 2.05) is 0 Å². The van der Waals surface area contributed by atoms with Crippen LogP contribution < -0.4 is 10.1 Å². The van der Waals surface area contributed by atoms with Crippen molar-refractivity contribution in [3.05, 3.63) is 29.8 Å². The first-order valence-electron chi connectivity index (χ1n) is 11.9. The Hall–Kier alpha value is -1.60. The van der Waals surface area contributed by atoms with Gasteiger partial charge < -0.3 is 0 Å². The summed E-state index contributed by atoms with van der Waals surface area (Å²) in [5.74, 6) is -3.58. The highest BCUT2D eigenvalue weighted by atomic mass is 32.2. The van der Waals surface area contributed by atoms with Crippen molar-refractivity contribution in [3.63, 3.8) is 0 Å². The molecule has 2 fully saturated rings. The second-order valence-electron chi connectivity index (χ2n) is 4.70. The number of hydrogen-bond acceptors (Lipinski definition) is 4. The Morgan fingerprint density at radius 2 is 1.91 bits per heavy atom. The number of nitrogens with one attached hydrogen (secondary N) is 2. The molecule has 0 radical (unpaired) electrons. The van der Waals surface area contributed by atoms with E-state index in [1.54, 1.807) is 10.1 Å². The summed E-state index contributed by atoms with van der Waals surface area (Å²) in [6, 6.07) is 2.38. The number of urea groups is 1. The third-order valence-electron chi connectivity index (χ3n) is 3.12. The monoisotopic (exact) mass is 334 g/mol. The number of fused-ring (bicyclic) bond motifs is 1. The predicted octanol–water partition coefficient (Wildman–Crippen LogP) is 1.63. The van der Waals surface area contributed by atoms with E-state index in [0.29, 0.717) is 0 Å². The minimum Gasteiger partial charge on any atom is -0.270 e. The van der Waals surface area contributed by atoms with E-state index in [4.69, 9.17) is 15.1 Å². The van der Waals surface area contributed by atoms with Crippen molar-refractivity contribution in [1.29, 1.82) is 0 Å².